The fourth-order valence-electron chi connectivity index (χ4n) is 1.80. The van der Waals surface area contributed by atoms with Crippen LogP contribution in [0.5, 0.6) is 0 Å². The van der Waals surface area contributed by atoms with E-state index in [1.54, 1.807) is 6.07 Å². The first-order valence-corrected chi connectivity index (χ1v) is 6.01. The van der Waals surface area contributed by atoms with Gasteiger partial charge < -0.3 is 5.32 Å². The molecule has 0 saturated carbocycles. The van der Waals surface area contributed by atoms with E-state index in [2.05, 4.69) is 5.32 Å². The highest BCUT2D eigenvalue weighted by Gasteiger charge is 2.30. The Balaban J connectivity index is 1.93. The molecule has 0 aromatic heterocycles. The fraction of sp³-hybridized carbons (Fsp3) is 0.200. The summed E-state index contributed by atoms with van der Waals surface area (Å²) in [5, 5.41) is 3.01. The van der Waals surface area contributed by atoms with Gasteiger partial charge in [-0.3, -0.25) is 0 Å². The van der Waals surface area contributed by atoms with Crippen LogP contribution in [0.3, 0.4) is 0 Å². The molecule has 2 rings (SSSR count). The molecule has 0 saturated heterocycles. The smallest absolute Gasteiger partial charge is 0.385 e. The number of anilines is 1. The van der Waals surface area contributed by atoms with E-state index < -0.39 is 11.7 Å². The van der Waals surface area contributed by atoms with Gasteiger partial charge in [-0.05, 0) is 30.2 Å². The molecule has 0 unspecified atom stereocenters. The second kappa shape index (κ2) is 5.78. The zero-order valence-corrected chi connectivity index (χ0v) is 10.2. The molecular formula is C15H14F3N. The SMILES string of the molecule is FC(F)(F)c1cccc(NCCc2ccccc2)c1. The molecule has 1 N–H and O–H groups in total. The Hall–Kier alpha value is -1.97. The van der Waals surface area contributed by atoms with E-state index in [9.17, 15) is 13.2 Å². The van der Waals surface area contributed by atoms with Gasteiger partial charge in [0, 0.05) is 12.2 Å². The van der Waals surface area contributed by atoms with Crippen LogP contribution in [0.25, 0.3) is 0 Å². The quantitative estimate of drug-likeness (QED) is 0.866. The Labute approximate surface area is 110 Å². The second-order valence-electron chi connectivity index (χ2n) is 4.24. The number of hydrogen-bond acceptors (Lipinski definition) is 1. The molecular weight excluding hydrogens is 251 g/mol. The summed E-state index contributed by atoms with van der Waals surface area (Å²) >= 11 is 0. The van der Waals surface area contributed by atoms with E-state index in [0.29, 0.717) is 12.2 Å². The van der Waals surface area contributed by atoms with Crippen molar-refractivity contribution in [3.05, 3.63) is 65.7 Å². The van der Waals surface area contributed by atoms with Gasteiger partial charge in [-0.1, -0.05) is 36.4 Å². The van der Waals surface area contributed by atoms with Crippen molar-refractivity contribution in [1.29, 1.82) is 0 Å². The lowest BCUT2D eigenvalue weighted by Gasteiger charge is -2.10. The van der Waals surface area contributed by atoms with E-state index in [1.807, 2.05) is 30.3 Å². The normalized spacial score (nSPS) is 11.3. The predicted octanol–water partition coefficient (Wildman–Crippen LogP) is 4.36. The molecule has 1 nitrogen and oxygen atoms in total. The van der Waals surface area contributed by atoms with Gasteiger partial charge in [-0.2, -0.15) is 13.2 Å². The molecule has 0 amide bonds. The second-order valence-corrected chi connectivity index (χ2v) is 4.24. The first kappa shape index (κ1) is 13.5. The van der Waals surface area contributed by atoms with Crippen LogP contribution < -0.4 is 5.32 Å². The molecule has 0 fully saturated rings. The predicted molar refractivity (Wildman–Crippen MR) is 70.1 cm³/mol. The average Bonchev–Trinajstić information content (AvgIpc) is 2.39. The molecule has 0 heterocycles. The zero-order chi connectivity index (χ0) is 13.7. The standard InChI is InChI=1S/C15H14F3N/c16-15(17,18)13-7-4-8-14(11-13)19-10-9-12-5-2-1-3-6-12/h1-8,11,19H,9-10H2. The highest BCUT2D eigenvalue weighted by atomic mass is 19.4. The highest BCUT2D eigenvalue weighted by Crippen LogP contribution is 2.30. The first-order chi connectivity index (χ1) is 9.05. The third-order valence-electron chi connectivity index (χ3n) is 2.78. The van der Waals surface area contributed by atoms with Crippen molar-refractivity contribution < 1.29 is 13.2 Å². The van der Waals surface area contributed by atoms with Gasteiger partial charge in [0.1, 0.15) is 0 Å². The van der Waals surface area contributed by atoms with Crippen molar-refractivity contribution in [1.82, 2.24) is 0 Å². The van der Waals surface area contributed by atoms with Crippen LogP contribution in [0.2, 0.25) is 0 Å². The number of hydrogen-bond donors (Lipinski definition) is 1. The Morgan fingerprint density at radius 1 is 0.895 bits per heavy atom. The Bertz CT molecular complexity index is 520. The van der Waals surface area contributed by atoms with E-state index >= 15 is 0 Å². The van der Waals surface area contributed by atoms with E-state index in [4.69, 9.17) is 0 Å². The lowest BCUT2D eigenvalue weighted by atomic mass is 10.1. The first-order valence-electron chi connectivity index (χ1n) is 6.01. The molecule has 0 aliphatic carbocycles. The monoisotopic (exact) mass is 265 g/mol. The van der Waals surface area contributed by atoms with Crippen molar-refractivity contribution in [2.45, 2.75) is 12.6 Å². The van der Waals surface area contributed by atoms with Crippen LogP contribution in [0, 0.1) is 0 Å². The zero-order valence-electron chi connectivity index (χ0n) is 10.2. The molecule has 100 valence electrons. The summed E-state index contributed by atoms with van der Waals surface area (Å²) in [7, 11) is 0. The average molecular weight is 265 g/mol. The van der Waals surface area contributed by atoms with Crippen LogP contribution in [0.4, 0.5) is 18.9 Å². The molecule has 0 radical (unpaired) electrons. The lowest BCUT2D eigenvalue weighted by molar-refractivity contribution is -0.137. The topological polar surface area (TPSA) is 12.0 Å². The summed E-state index contributed by atoms with van der Waals surface area (Å²) in [6.45, 7) is 0.603. The van der Waals surface area contributed by atoms with Gasteiger partial charge in [0.05, 0.1) is 5.56 Å². The third kappa shape index (κ3) is 4.02. The largest absolute Gasteiger partial charge is 0.416 e. The molecule has 0 spiro atoms. The van der Waals surface area contributed by atoms with E-state index in [0.717, 1.165) is 24.1 Å². The van der Waals surface area contributed by atoms with Gasteiger partial charge in [-0.25, -0.2) is 0 Å². The highest BCUT2D eigenvalue weighted by molar-refractivity contribution is 5.46. The van der Waals surface area contributed by atoms with Gasteiger partial charge in [0.2, 0.25) is 0 Å². The van der Waals surface area contributed by atoms with Crippen LogP contribution in [0.15, 0.2) is 54.6 Å². The summed E-state index contributed by atoms with van der Waals surface area (Å²) in [4.78, 5) is 0. The van der Waals surface area contributed by atoms with Crippen LogP contribution in [-0.4, -0.2) is 6.54 Å². The molecule has 2 aromatic rings. The van der Waals surface area contributed by atoms with Crippen LogP contribution in [0.1, 0.15) is 11.1 Å². The number of rotatable bonds is 4. The van der Waals surface area contributed by atoms with Gasteiger partial charge >= 0.3 is 6.18 Å². The molecule has 4 heteroatoms. The Kier molecular flexibility index (Phi) is 4.10. The van der Waals surface area contributed by atoms with Crippen molar-refractivity contribution in [3.63, 3.8) is 0 Å². The summed E-state index contributed by atoms with van der Waals surface area (Å²) in [5.74, 6) is 0. The minimum absolute atomic E-state index is 0.491. The summed E-state index contributed by atoms with van der Waals surface area (Å²) in [5.41, 5.74) is 1.02. The van der Waals surface area contributed by atoms with Gasteiger partial charge in [0.25, 0.3) is 0 Å². The molecule has 19 heavy (non-hydrogen) atoms. The Morgan fingerprint density at radius 3 is 2.32 bits per heavy atom. The molecule has 0 bridgehead atoms. The summed E-state index contributed by atoms with van der Waals surface area (Å²) in [6, 6.07) is 15.1. The number of alkyl halides is 3. The fourth-order valence-corrected chi connectivity index (χ4v) is 1.80. The van der Waals surface area contributed by atoms with E-state index in [1.165, 1.54) is 6.07 Å². The summed E-state index contributed by atoms with van der Waals surface area (Å²) in [6.07, 6.45) is -3.52. The number of benzene rings is 2. The van der Waals surface area contributed by atoms with Crippen molar-refractivity contribution >= 4 is 5.69 Å². The minimum Gasteiger partial charge on any atom is -0.385 e. The van der Waals surface area contributed by atoms with Gasteiger partial charge in [0.15, 0.2) is 0 Å². The third-order valence-corrected chi connectivity index (χ3v) is 2.78. The number of nitrogens with one attached hydrogen (secondary N) is 1. The molecule has 0 atom stereocenters. The maximum Gasteiger partial charge on any atom is 0.416 e. The minimum atomic E-state index is -4.29. The summed E-state index contributed by atoms with van der Waals surface area (Å²) < 4.78 is 37.6. The molecule has 0 aliphatic rings. The van der Waals surface area contributed by atoms with Gasteiger partial charge in [-0.15, -0.1) is 0 Å². The molecule has 2 aromatic carbocycles. The van der Waals surface area contributed by atoms with E-state index in [-0.39, 0.29) is 0 Å². The van der Waals surface area contributed by atoms with Crippen LogP contribution in [-0.2, 0) is 12.6 Å². The Morgan fingerprint density at radius 2 is 1.63 bits per heavy atom. The van der Waals surface area contributed by atoms with Crippen molar-refractivity contribution in [2.24, 2.45) is 0 Å². The van der Waals surface area contributed by atoms with Crippen molar-refractivity contribution in [2.75, 3.05) is 11.9 Å². The maximum absolute atomic E-state index is 12.5. The number of halogens is 3. The maximum atomic E-state index is 12.5. The lowest BCUT2D eigenvalue weighted by Crippen LogP contribution is -2.08. The van der Waals surface area contributed by atoms with Crippen molar-refractivity contribution in [3.8, 4) is 0 Å². The van der Waals surface area contributed by atoms with Crippen LogP contribution >= 0.6 is 0 Å². The molecule has 0 aliphatic heterocycles.